The fraction of sp³-hybridized carbons (Fsp3) is 0.394. The quantitative estimate of drug-likeness (QED) is 0.120. The van der Waals surface area contributed by atoms with Gasteiger partial charge in [-0.25, -0.2) is 8.42 Å². The number of rotatable bonds is 13. The van der Waals surface area contributed by atoms with Crippen LogP contribution in [0.1, 0.15) is 41.6 Å². The molecule has 0 spiro atoms. The molecule has 2 amide bonds. The van der Waals surface area contributed by atoms with E-state index in [0.29, 0.717) is 24.5 Å². The van der Waals surface area contributed by atoms with Gasteiger partial charge in [-0.2, -0.15) is 0 Å². The number of unbranched alkanes of at least 4 members (excludes halogenated alkanes) is 2. The molecule has 4 rings (SSSR count). The molecule has 252 valence electrons. The standard InChI is InChI=1S/C33H41N5O8S/c1-23-13-15-25(27(22-23)46-21-9-5-6-12-30(39)37-19-17-35(2)18-20-37)36(3)33(40)24-14-16-29(32(45-4)31(24)34)47(43,44)28-11-8-7-10-26(28)38(41)42/h7-8,10-11,13-16,22H,5-6,9,12,17-21,34H2,1-4H3. The van der Waals surface area contributed by atoms with Crippen molar-refractivity contribution in [1.82, 2.24) is 9.80 Å². The molecule has 3 aromatic rings. The Morgan fingerprint density at radius 3 is 2.38 bits per heavy atom. The zero-order valence-corrected chi connectivity index (χ0v) is 27.9. The molecule has 1 saturated heterocycles. The number of carbonyl (C=O) groups is 2. The van der Waals surface area contributed by atoms with Crippen molar-refractivity contribution in [2.45, 2.75) is 42.4 Å². The number of nitro benzene ring substituents is 1. The number of piperazine rings is 1. The third kappa shape index (κ3) is 8.00. The van der Waals surface area contributed by atoms with Crippen molar-refractivity contribution in [2.24, 2.45) is 0 Å². The Morgan fingerprint density at radius 2 is 1.70 bits per heavy atom. The van der Waals surface area contributed by atoms with Crippen LogP contribution in [0.25, 0.3) is 0 Å². The van der Waals surface area contributed by atoms with E-state index in [1.807, 2.05) is 24.0 Å². The highest BCUT2D eigenvalue weighted by Gasteiger charge is 2.32. The summed E-state index contributed by atoms with van der Waals surface area (Å²) in [5.41, 5.74) is 6.86. The lowest BCUT2D eigenvalue weighted by Crippen LogP contribution is -2.47. The summed E-state index contributed by atoms with van der Waals surface area (Å²) in [5.74, 6) is -0.182. The molecule has 47 heavy (non-hydrogen) atoms. The van der Waals surface area contributed by atoms with Crippen LogP contribution >= 0.6 is 0 Å². The first kappa shape index (κ1) is 35.2. The van der Waals surface area contributed by atoms with Gasteiger partial charge in [0.1, 0.15) is 15.5 Å². The minimum absolute atomic E-state index is 0.0256. The van der Waals surface area contributed by atoms with Crippen LogP contribution in [0.15, 0.2) is 64.4 Å². The van der Waals surface area contributed by atoms with Gasteiger partial charge in [-0.15, -0.1) is 0 Å². The number of benzene rings is 3. The van der Waals surface area contributed by atoms with Gasteiger partial charge < -0.3 is 29.9 Å². The van der Waals surface area contributed by atoms with E-state index in [1.165, 1.54) is 30.2 Å². The number of sulfone groups is 1. The number of aryl methyl sites for hydroxylation is 1. The van der Waals surface area contributed by atoms with Gasteiger partial charge in [0.15, 0.2) is 5.75 Å². The summed E-state index contributed by atoms with van der Waals surface area (Å²) in [6.45, 7) is 5.60. The molecule has 0 saturated carbocycles. The molecule has 1 heterocycles. The molecule has 1 aliphatic heterocycles. The van der Waals surface area contributed by atoms with Crippen molar-refractivity contribution < 1.29 is 32.4 Å². The average molecular weight is 668 g/mol. The number of nitrogen functional groups attached to an aromatic ring is 1. The van der Waals surface area contributed by atoms with Gasteiger partial charge in [0.25, 0.3) is 11.6 Å². The van der Waals surface area contributed by atoms with Crippen LogP contribution in [0.4, 0.5) is 17.1 Å². The van der Waals surface area contributed by atoms with Crippen LogP contribution < -0.4 is 20.1 Å². The highest BCUT2D eigenvalue weighted by molar-refractivity contribution is 7.91. The van der Waals surface area contributed by atoms with Crippen LogP contribution in [-0.2, 0) is 14.6 Å². The minimum atomic E-state index is -4.45. The van der Waals surface area contributed by atoms with Gasteiger partial charge in [0.2, 0.25) is 15.7 Å². The van der Waals surface area contributed by atoms with Crippen molar-refractivity contribution in [3.8, 4) is 11.5 Å². The Hall–Kier alpha value is -4.69. The summed E-state index contributed by atoms with van der Waals surface area (Å²) in [7, 11) is 0.358. The molecule has 1 fully saturated rings. The zero-order chi connectivity index (χ0) is 34.3. The van der Waals surface area contributed by atoms with E-state index in [0.717, 1.165) is 69.2 Å². The Balaban J connectivity index is 1.46. The normalized spacial score (nSPS) is 13.7. The molecule has 0 aliphatic carbocycles. The number of amides is 2. The van der Waals surface area contributed by atoms with Gasteiger partial charge in [0.05, 0.1) is 35.6 Å². The summed E-state index contributed by atoms with van der Waals surface area (Å²) in [5, 5.41) is 11.5. The van der Waals surface area contributed by atoms with Gasteiger partial charge in [-0.1, -0.05) is 18.2 Å². The van der Waals surface area contributed by atoms with E-state index >= 15 is 0 Å². The van der Waals surface area contributed by atoms with E-state index in [9.17, 15) is 28.1 Å². The maximum atomic E-state index is 13.7. The van der Waals surface area contributed by atoms with Crippen LogP contribution in [0.5, 0.6) is 11.5 Å². The summed E-state index contributed by atoms with van der Waals surface area (Å²) in [6, 6.07) is 12.8. The molecular weight excluding hydrogens is 626 g/mol. The van der Waals surface area contributed by atoms with Crippen molar-refractivity contribution in [3.63, 3.8) is 0 Å². The summed E-state index contributed by atoms with van der Waals surface area (Å²) in [6.07, 6.45) is 2.80. The Kier molecular flexibility index (Phi) is 11.4. The van der Waals surface area contributed by atoms with Gasteiger partial charge in [-0.3, -0.25) is 19.7 Å². The lowest BCUT2D eigenvalue weighted by Gasteiger charge is -2.32. The second-order valence-electron chi connectivity index (χ2n) is 11.5. The second-order valence-corrected chi connectivity index (χ2v) is 13.4. The van der Waals surface area contributed by atoms with Crippen molar-refractivity contribution in [2.75, 3.05) is 64.6 Å². The van der Waals surface area contributed by atoms with Crippen molar-refractivity contribution >= 4 is 38.7 Å². The number of carbonyl (C=O) groups excluding carboxylic acids is 2. The molecule has 0 atom stereocenters. The first-order valence-electron chi connectivity index (χ1n) is 15.3. The third-order valence-corrected chi connectivity index (χ3v) is 9.99. The summed E-state index contributed by atoms with van der Waals surface area (Å²) < 4.78 is 38.5. The number of likely N-dealkylation sites (N-methyl/N-ethyl adjacent to an activating group) is 1. The Labute approximate surface area is 274 Å². The predicted octanol–water partition coefficient (Wildman–Crippen LogP) is 4.32. The summed E-state index contributed by atoms with van der Waals surface area (Å²) in [4.78, 5) is 41.5. The second kappa shape index (κ2) is 15.3. The number of nitrogens with zero attached hydrogens (tertiary/aromatic N) is 4. The lowest BCUT2D eigenvalue weighted by atomic mass is 10.1. The maximum Gasteiger partial charge on any atom is 0.288 e. The number of hydrogen-bond acceptors (Lipinski definition) is 10. The number of methoxy groups -OCH3 is 1. The topological polar surface area (TPSA) is 166 Å². The number of nitrogens with two attached hydrogens (primary N) is 1. The number of hydrogen-bond donors (Lipinski definition) is 1. The highest BCUT2D eigenvalue weighted by Crippen LogP contribution is 2.40. The molecule has 0 radical (unpaired) electrons. The monoisotopic (exact) mass is 667 g/mol. The molecule has 0 unspecified atom stereocenters. The van der Waals surface area contributed by atoms with Crippen molar-refractivity contribution in [3.05, 3.63) is 75.8 Å². The van der Waals surface area contributed by atoms with E-state index in [2.05, 4.69) is 11.9 Å². The fourth-order valence-corrected chi connectivity index (χ4v) is 6.99. The van der Waals surface area contributed by atoms with E-state index in [4.69, 9.17) is 15.2 Å². The highest BCUT2D eigenvalue weighted by atomic mass is 32.2. The number of para-hydroxylation sites is 1. The number of anilines is 2. The number of nitro groups is 1. The molecule has 14 heteroatoms. The average Bonchev–Trinajstić information content (AvgIpc) is 3.05. The molecule has 1 aliphatic rings. The zero-order valence-electron chi connectivity index (χ0n) is 27.1. The molecule has 0 aromatic heterocycles. The van der Waals surface area contributed by atoms with Gasteiger partial charge in [-0.05, 0) is 69.1 Å². The smallest absolute Gasteiger partial charge is 0.288 e. The van der Waals surface area contributed by atoms with E-state index in [-0.39, 0.29) is 22.9 Å². The Morgan fingerprint density at radius 1 is 1.00 bits per heavy atom. The van der Waals surface area contributed by atoms with Gasteiger partial charge >= 0.3 is 0 Å². The lowest BCUT2D eigenvalue weighted by molar-refractivity contribution is -0.387. The number of ether oxygens (including phenoxy) is 2. The van der Waals surface area contributed by atoms with Crippen LogP contribution in [0.3, 0.4) is 0 Å². The summed E-state index contributed by atoms with van der Waals surface area (Å²) >= 11 is 0. The van der Waals surface area contributed by atoms with Gasteiger partial charge in [0, 0.05) is 45.7 Å². The molecule has 3 aromatic carbocycles. The third-order valence-electron chi connectivity index (χ3n) is 8.17. The van der Waals surface area contributed by atoms with Crippen molar-refractivity contribution in [1.29, 1.82) is 0 Å². The maximum absolute atomic E-state index is 13.7. The first-order valence-corrected chi connectivity index (χ1v) is 16.8. The van der Waals surface area contributed by atoms with E-state index < -0.39 is 36.1 Å². The molecule has 13 nitrogen and oxygen atoms in total. The van der Waals surface area contributed by atoms with Crippen LogP contribution in [0, 0.1) is 17.0 Å². The minimum Gasteiger partial charge on any atom is -0.493 e. The molecular formula is C33H41N5O8S. The molecule has 0 bridgehead atoms. The predicted molar refractivity (Wildman–Crippen MR) is 178 cm³/mol. The van der Waals surface area contributed by atoms with E-state index in [1.54, 1.807) is 13.1 Å². The largest absolute Gasteiger partial charge is 0.493 e. The SMILES string of the molecule is COc1c(S(=O)(=O)c2ccccc2[N+](=O)[O-])ccc(C(=O)N(C)c2ccc(C)cc2OCCCCCC(=O)N2CCN(C)CC2)c1N. The van der Waals surface area contributed by atoms with Crippen LogP contribution in [0.2, 0.25) is 0 Å². The first-order chi connectivity index (χ1) is 22.4. The fourth-order valence-electron chi connectivity index (χ4n) is 5.40. The molecule has 2 N–H and O–H groups in total. The Bertz CT molecular complexity index is 1740. The van der Waals surface area contributed by atoms with Crippen LogP contribution in [-0.4, -0.2) is 88.9 Å².